The molecule has 3 rings (SSSR count). The van der Waals surface area contributed by atoms with Gasteiger partial charge in [0.2, 0.25) is 0 Å². The third-order valence-corrected chi connectivity index (χ3v) is 4.60. The van der Waals surface area contributed by atoms with Crippen molar-refractivity contribution in [3.63, 3.8) is 0 Å². The molecule has 0 saturated carbocycles. The molecule has 3 fully saturated rings. The Bertz CT molecular complexity index is 295. The minimum atomic E-state index is -0.613. The lowest BCUT2D eigenvalue weighted by atomic mass is 9.92. The number of aliphatic carboxylic acids is 1. The van der Waals surface area contributed by atoms with Crippen molar-refractivity contribution in [1.82, 2.24) is 9.80 Å². The van der Waals surface area contributed by atoms with Crippen LogP contribution in [0.2, 0.25) is 0 Å². The van der Waals surface area contributed by atoms with Gasteiger partial charge in [-0.3, -0.25) is 9.69 Å². The number of hydrogen-bond donors (Lipinski definition) is 1. The van der Waals surface area contributed by atoms with E-state index in [2.05, 4.69) is 9.80 Å². The van der Waals surface area contributed by atoms with E-state index >= 15 is 0 Å². The van der Waals surface area contributed by atoms with Gasteiger partial charge in [-0.05, 0) is 51.2 Å². The Balaban J connectivity index is 1.74. The molecule has 3 saturated heterocycles. The van der Waals surface area contributed by atoms with Crippen molar-refractivity contribution in [1.29, 1.82) is 0 Å². The minimum Gasteiger partial charge on any atom is -0.480 e. The molecule has 0 radical (unpaired) electrons. The molecule has 3 aliphatic rings. The maximum absolute atomic E-state index is 11.2. The van der Waals surface area contributed by atoms with Crippen LogP contribution in [0.15, 0.2) is 0 Å². The third-order valence-electron chi connectivity index (χ3n) is 4.60. The van der Waals surface area contributed by atoms with E-state index in [0.717, 1.165) is 25.3 Å². The van der Waals surface area contributed by atoms with E-state index in [1.165, 1.54) is 32.5 Å². The highest BCUT2D eigenvalue weighted by atomic mass is 16.4. The van der Waals surface area contributed by atoms with Gasteiger partial charge in [0.25, 0.3) is 0 Å². The van der Waals surface area contributed by atoms with Crippen LogP contribution in [0, 0.1) is 5.92 Å². The molecule has 4 heteroatoms. The maximum Gasteiger partial charge on any atom is 0.320 e. The smallest absolute Gasteiger partial charge is 0.320 e. The van der Waals surface area contributed by atoms with Gasteiger partial charge in [-0.2, -0.15) is 0 Å². The summed E-state index contributed by atoms with van der Waals surface area (Å²) in [5, 5.41) is 9.23. The summed E-state index contributed by atoms with van der Waals surface area (Å²) >= 11 is 0. The molecule has 0 aromatic rings. The van der Waals surface area contributed by atoms with Crippen LogP contribution in [0.5, 0.6) is 0 Å². The molecule has 4 atom stereocenters. The summed E-state index contributed by atoms with van der Waals surface area (Å²) in [5.41, 5.74) is 0. The van der Waals surface area contributed by atoms with Crippen molar-refractivity contribution < 1.29 is 9.90 Å². The van der Waals surface area contributed by atoms with Gasteiger partial charge in [0, 0.05) is 12.6 Å². The van der Waals surface area contributed by atoms with E-state index in [0.29, 0.717) is 6.04 Å². The van der Waals surface area contributed by atoms with Gasteiger partial charge < -0.3 is 10.0 Å². The molecule has 0 aliphatic carbocycles. The van der Waals surface area contributed by atoms with Crippen molar-refractivity contribution in [2.75, 3.05) is 26.2 Å². The van der Waals surface area contributed by atoms with Gasteiger partial charge in [0.15, 0.2) is 0 Å². The second kappa shape index (κ2) is 4.00. The first-order valence-electron chi connectivity index (χ1n) is 6.46. The Hall–Kier alpha value is -0.610. The first-order chi connectivity index (χ1) is 7.75. The van der Waals surface area contributed by atoms with Gasteiger partial charge in [-0.15, -0.1) is 0 Å². The minimum absolute atomic E-state index is 0.197. The lowest BCUT2D eigenvalue weighted by Crippen LogP contribution is -2.50. The van der Waals surface area contributed by atoms with Crippen molar-refractivity contribution >= 4 is 5.97 Å². The molecule has 0 spiro atoms. The summed E-state index contributed by atoms with van der Waals surface area (Å²) in [5.74, 6) is 0.117. The Labute approximate surface area is 96.2 Å². The van der Waals surface area contributed by atoms with Gasteiger partial charge in [0.05, 0.1) is 0 Å². The number of piperidine rings is 1. The van der Waals surface area contributed by atoms with Crippen LogP contribution in [-0.2, 0) is 4.79 Å². The molecular weight excluding hydrogens is 204 g/mol. The highest BCUT2D eigenvalue weighted by Crippen LogP contribution is 2.34. The van der Waals surface area contributed by atoms with E-state index in [1.807, 2.05) is 0 Å². The molecular formula is C12H20N2O2. The maximum atomic E-state index is 11.2. The van der Waals surface area contributed by atoms with Crippen molar-refractivity contribution in [2.45, 2.75) is 37.8 Å². The second-order valence-corrected chi connectivity index (χ2v) is 5.44. The van der Waals surface area contributed by atoms with Gasteiger partial charge in [-0.25, -0.2) is 0 Å². The number of carboxylic acids is 1. The third kappa shape index (κ3) is 1.64. The standard InChI is InChI=1S/C12H20N2O2/c15-12(16)11-2-1-5-14(11)10-4-7-13-6-3-9(10)8-13/h9-11H,1-8H2,(H,15,16). The van der Waals surface area contributed by atoms with Crippen molar-refractivity contribution in [3.05, 3.63) is 0 Å². The largest absolute Gasteiger partial charge is 0.480 e. The summed E-state index contributed by atoms with van der Waals surface area (Å²) in [7, 11) is 0. The van der Waals surface area contributed by atoms with Crippen LogP contribution in [0.3, 0.4) is 0 Å². The van der Waals surface area contributed by atoms with Crippen LogP contribution in [0.25, 0.3) is 0 Å². The lowest BCUT2D eigenvalue weighted by molar-refractivity contribution is -0.143. The fraction of sp³-hybridized carbons (Fsp3) is 0.917. The SMILES string of the molecule is O=C(O)C1CCCN1C1CCN2CCC1C2. The average Bonchev–Trinajstić information content (AvgIpc) is 2.87. The zero-order chi connectivity index (χ0) is 11.1. The summed E-state index contributed by atoms with van der Waals surface area (Å²) in [4.78, 5) is 16.0. The summed E-state index contributed by atoms with van der Waals surface area (Å²) in [6.07, 6.45) is 4.36. The molecule has 0 amide bonds. The average molecular weight is 224 g/mol. The van der Waals surface area contributed by atoms with Gasteiger partial charge >= 0.3 is 5.97 Å². The summed E-state index contributed by atoms with van der Waals surface area (Å²) in [6, 6.07) is 0.347. The first-order valence-corrected chi connectivity index (χ1v) is 6.46. The molecule has 4 unspecified atom stereocenters. The predicted octanol–water partition coefficient (Wildman–Crippen LogP) is 0.630. The number of likely N-dealkylation sites (tertiary alicyclic amines) is 1. The Kier molecular flexibility index (Phi) is 2.64. The molecule has 0 aromatic heterocycles. The van der Waals surface area contributed by atoms with E-state index in [-0.39, 0.29) is 6.04 Å². The normalized spacial score (nSPS) is 43.8. The number of carboxylic acid groups (broad SMARTS) is 1. The van der Waals surface area contributed by atoms with Crippen molar-refractivity contribution in [2.24, 2.45) is 5.92 Å². The van der Waals surface area contributed by atoms with Crippen LogP contribution in [0.4, 0.5) is 0 Å². The number of fused-ring (bicyclic) bond motifs is 2. The molecule has 16 heavy (non-hydrogen) atoms. The van der Waals surface area contributed by atoms with Crippen LogP contribution in [0.1, 0.15) is 25.7 Å². The Morgan fingerprint density at radius 2 is 1.94 bits per heavy atom. The molecule has 3 heterocycles. The number of nitrogens with zero attached hydrogens (tertiary/aromatic N) is 2. The van der Waals surface area contributed by atoms with Crippen LogP contribution < -0.4 is 0 Å². The zero-order valence-corrected chi connectivity index (χ0v) is 9.64. The highest BCUT2D eigenvalue weighted by Gasteiger charge is 2.42. The van der Waals surface area contributed by atoms with E-state index in [4.69, 9.17) is 0 Å². The lowest BCUT2D eigenvalue weighted by Gasteiger charge is -2.38. The van der Waals surface area contributed by atoms with Crippen LogP contribution >= 0.6 is 0 Å². The first kappa shape index (κ1) is 10.5. The molecule has 3 aliphatic heterocycles. The molecule has 90 valence electrons. The van der Waals surface area contributed by atoms with E-state index in [9.17, 15) is 9.90 Å². The number of rotatable bonds is 2. The number of carbonyl (C=O) groups is 1. The number of hydrogen-bond acceptors (Lipinski definition) is 3. The quantitative estimate of drug-likeness (QED) is 0.747. The van der Waals surface area contributed by atoms with Gasteiger partial charge in [0.1, 0.15) is 6.04 Å². The molecule has 4 nitrogen and oxygen atoms in total. The van der Waals surface area contributed by atoms with E-state index in [1.54, 1.807) is 0 Å². The monoisotopic (exact) mass is 224 g/mol. The van der Waals surface area contributed by atoms with Crippen molar-refractivity contribution in [3.8, 4) is 0 Å². The summed E-state index contributed by atoms with van der Waals surface area (Å²) in [6.45, 7) is 4.60. The van der Waals surface area contributed by atoms with Crippen LogP contribution in [-0.4, -0.2) is 59.1 Å². The Morgan fingerprint density at radius 1 is 1.12 bits per heavy atom. The predicted molar refractivity (Wildman–Crippen MR) is 60.3 cm³/mol. The van der Waals surface area contributed by atoms with E-state index < -0.39 is 5.97 Å². The highest BCUT2D eigenvalue weighted by molar-refractivity contribution is 5.73. The second-order valence-electron chi connectivity index (χ2n) is 5.44. The summed E-state index contributed by atoms with van der Waals surface area (Å²) < 4.78 is 0. The fourth-order valence-electron chi connectivity index (χ4n) is 3.82. The molecule has 0 aromatic carbocycles. The fourth-order valence-corrected chi connectivity index (χ4v) is 3.82. The van der Waals surface area contributed by atoms with Gasteiger partial charge in [-0.1, -0.05) is 0 Å². The topological polar surface area (TPSA) is 43.8 Å². The molecule has 1 N–H and O–H groups in total. The molecule has 2 bridgehead atoms. The zero-order valence-electron chi connectivity index (χ0n) is 9.64. The Morgan fingerprint density at radius 3 is 2.75 bits per heavy atom.